The second-order valence-corrected chi connectivity index (χ2v) is 5.75. The maximum Gasteiger partial charge on any atom is 0.411 e. The lowest BCUT2D eigenvalue weighted by Gasteiger charge is -2.30. The molecule has 6 heteroatoms. The number of amides is 1. The smallest absolute Gasteiger partial charge is 0.411 e. The van der Waals surface area contributed by atoms with Crippen molar-refractivity contribution >= 4 is 12.1 Å². The fourth-order valence-corrected chi connectivity index (χ4v) is 1.65. The number of halogens is 1. The third kappa shape index (κ3) is 5.41. The van der Waals surface area contributed by atoms with Crippen molar-refractivity contribution in [1.82, 2.24) is 4.90 Å². The molecule has 5 nitrogen and oxygen atoms in total. The highest BCUT2D eigenvalue weighted by molar-refractivity contribution is 5.79. The van der Waals surface area contributed by atoms with Gasteiger partial charge in [0, 0.05) is 0 Å². The number of carboxylic acid groups (broad SMARTS) is 1. The zero-order valence-electron chi connectivity index (χ0n) is 12.6. The van der Waals surface area contributed by atoms with E-state index in [9.17, 15) is 14.0 Å². The number of carbonyl (C=O) groups excluding carboxylic acids is 1. The molecule has 1 rings (SSSR count). The number of ether oxygens (including phenoxy) is 1. The molecule has 0 saturated heterocycles. The van der Waals surface area contributed by atoms with Crippen LogP contribution in [-0.2, 0) is 16.1 Å². The molecule has 0 radical (unpaired) electrons. The number of hydrogen-bond donors (Lipinski definition) is 1. The minimum absolute atomic E-state index is 0.0415. The van der Waals surface area contributed by atoms with Gasteiger partial charge in [-0.15, -0.1) is 0 Å². The van der Waals surface area contributed by atoms with Gasteiger partial charge in [-0.05, 0) is 45.4 Å². The van der Waals surface area contributed by atoms with Gasteiger partial charge in [0.1, 0.15) is 17.5 Å². The van der Waals surface area contributed by atoms with Crippen LogP contribution in [0, 0.1) is 5.82 Å². The molecule has 0 aliphatic heterocycles. The molecule has 0 fully saturated rings. The van der Waals surface area contributed by atoms with Crippen LogP contribution in [-0.4, -0.2) is 33.7 Å². The molecule has 0 aliphatic carbocycles. The SMILES string of the molecule is CC(C(=O)O)N(Cc1cccc(F)c1)C(=O)OC(C)(C)C. The Kier molecular flexibility index (Phi) is 5.29. The fourth-order valence-electron chi connectivity index (χ4n) is 1.65. The lowest BCUT2D eigenvalue weighted by molar-refractivity contribution is -0.142. The first-order valence-corrected chi connectivity index (χ1v) is 6.57. The van der Waals surface area contributed by atoms with Gasteiger partial charge in [0.25, 0.3) is 0 Å². The van der Waals surface area contributed by atoms with Gasteiger partial charge >= 0.3 is 12.1 Å². The average molecular weight is 297 g/mol. The summed E-state index contributed by atoms with van der Waals surface area (Å²) in [5, 5.41) is 9.11. The number of nitrogens with zero attached hydrogens (tertiary/aromatic N) is 1. The van der Waals surface area contributed by atoms with E-state index in [0.717, 1.165) is 4.90 Å². The van der Waals surface area contributed by atoms with Crippen molar-refractivity contribution < 1.29 is 23.8 Å². The minimum atomic E-state index is -1.16. The fraction of sp³-hybridized carbons (Fsp3) is 0.467. The third-order valence-electron chi connectivity index (χ3n) is 2.69. The van der Waals surface area contributed by atoms with Crippen LogP contribution in [0.2, 0.25) is 0 Å². The predicted octanol–water partition coefficient (Wildman–Crippen LogP) is 3.04. The monoisotopic (exact) mass is 297 g/mol. The van der Waals surface area contributed by atoms with Gasteiger partial charge in [-0.3, -0.25) is 4.90 Å². The molecular formula is C15H20FNO4. The van der Waals surface area contributed by atoms with E-state index < -0.39 is 29.5 Å². The first-order valence-electron chi connectivity index (χ1n) is 6.57. The van der Waals surface area contributed by atoms with Crippen LogP contribution in [0.15, 0.2) is 24.3 Å². The van der Waals surface area contributed by atoms with Crippen molar-refractivity contribution in [3.63, 3.8) is 0 Å². The Morgan fingerprint density at radius 1 is 1.38 bits per heavy atom. The molecule has 1 atom stereocenters. The van der Waals surface area contributed by atoms with Crippen LogP contribution in [0.25, 0.3) is 0 Å². The highest BCUT2D eigenvalue weighted by Crippen LogP contribution is 2.16. The van der Waals surface area contributed by atoms with E-state index in [1.807, 2.05) is 0 Å². The largest absolute Gasteiger partial charge is 0.480 e. The number of carboxylic acids is 1. The molecule has 0 spiro atoms. The van der Waals surface area contributed by atoms with Gasteiger partial charge in [0.15, 0.2) is 0 Å². The topological polar surface area (TPSA) is 66.8 Å². The van der Waals surface area contributed by atoms with E-state index in [-0.39, 0.29) is 6.54 Å². The standard InChI is InChI=1S/C15H20FNO4/c1-10(13(18)19)17(14(20)21-15(2,3)4)9-11-6-5-7-12(16)8-11/h5-8,10H,9H2,1-4H3,(H,18,19). The first kappa shape index (κ1) is 16.9. The number of rotatable bonds is 4. The Morgan fingerprint density at radius 3 is 2.48 bits per heavy atom. The molecule has 0 aliphatic rings. The summed E-state index contributed by atoms with van der Waals surface area (Å²) in [4.78, 5) is 24.3. The van der Waals surface area contributed by atoms with Gasteiger partial charge in [-0.1, -0.05) is 12.1 Å². The highest BCUT2D eigenvalue weighted by atomic mass is 19.1. The molecule has 21 heavy (non-hydrogen) atoms. The van der Waals surface area contributed by atoms with Crippen molar-refractivity contribution in [2.75, 3.05) is 0 Å². The van der Waals surface area contributed by atoms with E-state index in [2.05, 4.69) is 0 Å². The molecule has 1 unspecified atom stereocenters. The third-order valence-corrected chi connectivity index (χ3v) is 2.69. The predicted molar refractivity (Wildman–Crippen MR) is 75.3 cm³/mol. The summed E-state index contributed by atoms with van der Waals surface area (Å²) in [5.74, 6) is -1.60. The van der Waals surface area contributed by atoms with E-state index in [1.165, 1.54) is 25.1 Å². The molecule has 1 N–H and O–H groups in total. The quantitative estimate of drug-likeness (QED) is 0.927. The van der Waals surface area contributed by atoms with Gasteiger partial charge in [0.05, 0.1) is 6.54 Å². The van der Waals surface area contributed by atoms with Crippen molar-refractivity contribution in [2.24, 2.45) is 0 Å². The zero-order valence-corrected chi connectivity index (χ0v) is 12.6. The summed E-state index contributed by atoms with van der Waals surface area (Å²) in [7, 11) is 0. The van der Waals surface area contributed by atoms with Crippen LogP contribution < -0.4 is 0 Å². The van der Waals surface area contributed by atoms with Crippen LogP contribution in [0.5, 0.6) is 0 Å². The summed E-state index contributed by atoms with van der Waals surface area (Å²) in [5.41, 5.74) is -0.246. The molecule has 116 valence electrons. The van der Waals surface area contributed by atoms with Gasteiger partial charge in [-0.25, -0.2) is 14.0 Å². The summed E-state index contributed by atoms with van der Waals surface area (Å²) in [6.45, 7) is 6.41. The molecule has 0 saturated carbocycles. The number of benzene rings is 1. The second kappa shape index (κ2) is 6.56. The number of hydrogen-bond acceptors (Lipinski definition) is 3. The van der Waals surface area contributed by atoms with Gasteiger partial charge in [-0.2, -0.15) is 0 Å². The normalized spacial score (nSPS) is 12.6. The molecule has 1 aromatic carbocycles. The number of aliphatic carboxylic acids is 1. The van der Waals surface area contributed by atoms with Crippen LogP contribution in [0.4, 0.5) is 9.18 Å². The number of carbonyl (C=O) groups is 2. The minimum Gasteiger partial charge on any atom is -0.480 e. The summed E-state index contributed by atoms with van der Waals surface area (Å²) >= 11 is 0. The Balaban J connectivity index is 2.97. The molecule has 1 aromatic rings. The van der Waals surface area contributed by atoms with Crippen molar-refractivity contribution in [2.45, 2.75) is 45.9 Å². The summed E-state index contributed by atoms with van der Waals surface area (Å²) in [6.07, 6.45) is -0.748. The van der Waals surface area contributed by atoms with E-state index >= 15 is 0 Å². The van der Waals surface area contributed by atoms with Crippen molar-refractivity contribution in [1.29, 1.82) is 0 Å². The molecular weight excluding hydrogens is 277 g/mol. The van der Waals surface area contributed by atoms with Crippen molar-refractivity contribution in [3.05, 3.63) is 35.6 Å². The maximum absolute atomic E-state index is 13.2. The lowest BCUT2D eigenvalue weighted by Crippen LogP contribution is -2.45. The van der Waals surface area contributed by atoms with E-state index in [4.69, 9.17) is 9.84 Å². The van der Waals surface area contributed by atoms with Crippen LogP contribution >= 0.6 is 0 Å². The highest BCUT2D eigenvalue weighted by Gasteiger charge is 2.29. The zero-order chi connectivity index (χ0) is 16.2. The molecule has 0 bridgehead atoms. The van der Waals surface area contributed by atoms with Gasteiger partial charge in [0.2, 0.25) is 0 Å². The maximum atomic E-state index is 13.2. The Hall–Kier alpha value is -2.11. The Labute approximate surface area is 123 Å². The van der Waals surface area contributed by atoms with Crippen LogP contribution in [0.1, 0.15) is 33.3 Å². The first-order chi connectivity index (χ1) is 9.60. The Bertz CT molecular complexity index is 525. The van der Waals surface area contributed by atoms with Crippen LogP contribution in [0.3, 0.4) is 0 Å². The Morgan fingerprint density at radius 2 is 2.00 bits per heavy atom. The summed E-state index contributed by atoms with van der Waals surface area (Å²) in [6, 6.07) is 4.58. The lowest BCUT2D eigenvalue weighted by atomic mass is 10.1. The van der Waals surface area contributed by atoms with E-state index in [0.29, 0.717) is 5.56 Å². The summed E-state index contributed by atoms with van der Waals surface area (Å²) < 4.78 is 18.4. The average Bonchev–Trinajstić information content (AvgIpc) is 2.32. The molecule has 0 aromatic heterocycles. The van der Waals surface area contributed by atoms with Crippen molar-refractivity contribution in [3.8, 4) is 0 Å². The van der Waals surface area contributed by atoms with Gasteiger partial charge < -0.3 is 9.84 Å². The molecule has 1 amide bonds. The second-order valence-electron chi connectivity index (χ2n) is 5.75. The molecule has 0 heterocycles. The van der Waals surface area contributed by atoms with E-state index in [1.54, 1.807) is 26.8 Å².